The number of hydrogen-bond acceptors (Lipinski definition) is 5. The first-order valence-corrected chi connectivity index (χ1v) is 7.89. The van der Waals surface area contributed by atoms with E-state index in [2.05, 4.69) is 13.0 Å². The van der Waals surface area contributed by atoms with Gasteiger partial charge in [-0.15, -0.1) is 12.4 Å². The Morgan fingerprint density at radius 1 is 0.800 bits per heavy atom. The molecule has 5 rings (SSSR count). The van der Waals surface area contributed by atoms with Gasteiger partial charge < -0.3 is 18.9 Å². The number of hydrogen-bond donors (Lipinski definition) is 0. The fourth-order valence-electron chi connectivity index (χ4n) is 3.14. The number of halogens is 1. The van der Waals surface area contributed by atoms with Gasteiger partial charge in [0.15, 0.2) is 23.0 Å². The Hall–Kier alpha value is -2.66. The van der Waals surface area contributed by atoms with Gasteiger partial charge in [0, 0.05) is 17.0 Å². The van der Waals surface area contributed by atoms with E-state index in [9.17, 15) is 0 Å². The number of aromatic nitrogens is 1. The fraction of sp³-hybridized carbons (Fsp3) is 0.211. The molecule has 0 amide bonds. The number of benzene rings is 2. The third-order valence-electron chi connectivity index (χ3n) is 4.35. The van der Waals surface area contributed by atoms with Crippen molar-refractivity contribution in [3.8, 4) is 34.3 Å². The summed E-state index contributed by atoms with van der Waals surface area (Å²) in [4.78, 5) is 4.80. The van der Waals surface area contributed by atoms with Gasteiger partial charge in [-0.05, 0) is 42.8 Å². The molecule has 0 saturated carbocycles. The number of pyridine rings is 1. The van der Waals surface area contributed by atoms with Crippen LogP contribution in [-0.4, -0.2) is 25.0 Å². The summed E-state index contributed by atoms with van der Waals surface area (Å²) in [5.74, 6) is 3.07. The Kier molecular flexibility index (Phi) is 3.81. The lowest BCUT2D eigenvalue weighted by atomic mass is 10.0. The maximum absolute atomic E-state index is 5.67. The summed E-state index contributed by atoms with van der Waals surface area (Å²) in [6.45, 7) is 3.50. The predicted octanol–water partition coefficient (Wildman–Crippen LogP) is 4.13. The van der Waals surface area contributed by atoms with Gasteiger partial charge in [-0.2, -0.15) is 0 Å². The molecule has 6 heteroatoms. The zero-order chi connectivity index (χ0) is 16.1. The van der Waals surface area contributed by atoms with Crippen molar-refractivity contribution in [3.63, 3.8) is 0 Å². The van der Waals surface area contributed by atoms with E-state index < -0.39 is 0 Å². The molecule has 0 atom stereocenters. The molecule has 1 aromatic heterocycles. The third-order valence-corrected chi connectivity index (χ3v) is 4.35. The number of aryl methyl sites for hydroxylation is 1. The van der Waals surface area contributed by atoms with Gasteiger partial charge >= 0.3 is 0 Å². The number of fused-ring (bicyclic) bond motifs is 3. The van der Waals surface area contributed by atoms with Gasteiger partial charge in [-0.3, -0.25) is 0 Å². The average molecular weight is 358 g/mol. The van der Waals surface area contributed by atoms with Crippen LogP contribution in [0.2, 0.25) is 0 Å². The van der Waals surface area contributed by atoms with Crippen LogP contribution in [0.15, 0.2) is 36.4 Å². The van der Waals surface area contributed by atoms with Crippen LogP contribution in [-0.2, 0) is 0 Å². The SMILES string of the molecule is Cc1cc(-c2ccc3c(c2)OCCO3)nc2cc3c(cc12)OCO3.Cl. The molecule has 25 heavy (non-hydrogen) atoms. The lowest BCUT2D eigenvalue weighted by Crippen LogP contribution is -2.15. The van der Waals surface area contributed by atoms with E-state index in [1.54, 1.807) is 0 Å². The lowest BCUT2D eigenvalue weighted by Gasteiger charge is -2.19. The smallest absolute Gasteiger partial charge is 0.231 e. The highest BCUT2D eigenvalue weighted by molar-refractivity contribution is 5.88. The standard InChI is InChI=1S/C19H15NO4.ClH/c1-11-6-14(12-2-3-16-17(7-12)22-5-4-21-16)20-15-9-19-18(8-13(11)15)23-10-24-19;/h2-3,6-9H,4-5,10H2,1H3;1H. The van der Waals surface area contributed by atoms with Crippen LogP contribution in [0, 0.1) is 6.92 Å². The molecule has 0 radical (unpaired) electrons. The van der Waals surface area contributed by atoms with Crippen LogP contribution in [0.4, 0.5) is 0 Å². The van der Waals surface area contributed by atoms with E-state index in [1.165, 1.54) is 0 Å². The van der Waals surface area contributed by atoms with E-state index >= 15 is 0 Å². The Morgan fingerprint density at radius 3 is 2.36 bits per heavy atom. The molecular weight excluding hydrogens is 342 g/mol. The summed E-state index contributed by atoms with van der Waals surface area (Å²) in [6.07, 6.45) is 0. The number of nitrogens with zero attached hydrogens (tertiary/aromatic N) is 1. The first kappa shape index (κ1) is 15.8. The second-order valence-corrected chi connectivity index (χ2v) is 5.91. The summed E-state index contributed by atoms with van der Waals surface area (Å²) >= 11 is 0. The van der Waals surface area contributed by atoms with Crippen molar-refractivity contribution >= 4 is 23.3 Å². The van der Waals surface area contributed by atoms with Crippen LogP contribution in [0.5, 0.6) is 23.0 Å². The van der Waals surface area contributed by atoms with Crippen LogP contribution in [0.25, 0.3) is 22.2 Å². The molecular formula is C19H16ClNO4. The molecule has 2 aliphatic heterocycles. The van der Waals surface area contributed by atoms with E-state index in [0.717, 1.165) is 50.7 Å². The van der Waals surface area contributed by atoms with E-state index in [-0.39, 0.29) is 19.2 Å². The van der Waals surface area contributed by atoms with Gasteiger partial charge in [0.1, 0.15) is 13.2 Å². The van der Waals surface area contributed by atoms with Crippen LogP contribution in [0.3, 0.4) is 0 Å². The Labute approximate surface area is 150 Å². The number of rotatable bonds is 1. The molecule has 0 N–H and O–H groups in total. The molecule has 3 aromatic rings. The van der Waals surface area contributed by atoms with Crippen molar-refractivity contribution in [1.29, 1.82) is 0 Å². The summed E-state index contributed by atoms with van der Waals surface area (Å²) in [5.41, 5.74) is 3.94. The van der Waals surface area contributed by atoms with Crippen LogP contribution >= 0.6 is 12.4 Å². The van der Waals surface area contributed by atoms with Crippen LogP contribution < -0.4 is 18.9 Å². The summed E-state index contributed by atoms with van der Waals surface area (Å²) < 4.78 is 22.2. The van der Waals surface area contributed by atoms with Gasteiger partial charge in [0.2, 0.25) is 6.79 Å². The Bertz CT molecular complexity index is 973. The Balaban J connectivity index is 0.00000157. The maximum Gasteiger partial charge on any atom is 0.231 e. The topological polar surface area (TPSA) is 49.8 Å². The first-order chi connectivity index (χ1) is 11.8. The largest absolute Gasteiger partial charge is 0.486 e. The molecule has 0 fully saturated rings. The molecule has 0 unspecified atom stereocenters. The minimum absolute atomic E-state index is 0. The highest BCUT2D eigenvalue weighted by Crippen LogP contribution is 2.39. The van der Waals surface area contributed by atoms with Gasteiger partial charge in [0.05, 0.1) is 11.2 Å². The van der Waals surface area contributed by atoms with Crippen LogP contribution in [0.1, 0.15) is 5.56 Å². The van der Waals surface area contributed by atoms with Crippen molar-refractivity contribution < 1.29 is 18.9 Å². The average Bonchev–Trinajstić information content (AvgIpc) is 3.07. The quantitative estimate of drug-likeness (QED) is 0.655. The number of ether oxygens (including phenoxy) is 4. The summed E-state index contributed by atoms with van der Waals surface area (Å²) in [7, 11) is 0. The van der Waals surface area contributed by atoms with Gasteiger partial charge in [-0.25, -0.2) is 4.98 Å². The van der Waals surface area contributed by atoms with Crippen molar-refractivity contribution in [2.75, 3.05) is 20.0 Å². The molecule has 128 valence electrons. The molecule has 0 bridgehead atoms. The normalized spacial score (nSPS) is 14.3. The third kappa shape index (κ3) is 2.61. The van der Waals surface area contributed by atoms with Crippen molar-refractivity contribution in [2.45, 2.75) is 6.92 Å². The Morgan fingerprint density at radius 2 is 1.52 bits per heavy atom. The summed E-state index contributed by atoms with van der Waals surface area (Å²) in [6, 6.07) is 11.9. The van der Waals surface area contributed by atoms with Gasteiger partial charge in [0.25, 0.3) is 0 Å². The monoisotopic (exact) mass is 357 g/mol. The van der Waals surface area contributed by atoms with Crippen molar-refractivity contribution in [3.05, 3.63) is 42.0 Å². The fourth-order valence-corrected chi connectivity index (χ4v) is 3.14. The highest BCUT2D eigenvalue weighted by Gasteiger charge is 2.17. The zero-order valence-corrected chi connectivity index (χ0v) is 14.4. The molecule has 5 nitrogen and oxygen atoms in total. The van der Waals surface area contributed by atoms with Crippen molar-refractivity contribution in [1.82, 2.24) is 4.98 Å². The molecule has 2 aliphatic rings. The molecule has 3 heterocycles. The first-order valence-electron chi connectivity index (χ1n) is 7.89. The molecule has 2 aromatic carbocycles. The highest BCUT2D eigenvalue weighted by atomic mass is 35.5. The second kappa shape index (κ2) is 6.01. The van der Waals surface area contributed by atoms with Gasteiger partial charge in [-0.1, -0.05) is 0 Å². The maximum atomic E-state index is 5.67. The zero-order valence-electron chi connectivity index (χ0n) is 13.6. The second-order valence-electron chi connectivity index (χ2n) is 5.91. The molecule has 0 spiro atoms. The minimum atomic E-state index is 0. The summed E-state index contributed by atoms with van der Waals surface area (Å²) in [5, 5.41) is 1.07. The van der Waals surface area contributed by atoms with E-state index in [4.69, 9.17) is 23.9 Å². The lowest BCUT2D eigenvalue weighted by molar-refractivity contribution is 0.171. The van der Waals surface area contributed by atoms with Crippen molar-refractivity contribution in [2.24, 2.45) is 0 Å². The molecule has 0 saturated heterocycles. The molecule has 0 aliphatic carbocycles. The van der Waals surface area contributed by atoms with E-state index in [0.29, 0.717) is 13.2 Å². The van der Waals surface area contributed by atoms with E-state index in [1.807, 2.05) is 30.3 Å². The minimum Gasteiger partial charge on any atom is -0.486 e. The predicted molar refractivity (Wildman–Crippen MR) is 96.3 cm³/mol.